The third kappa shape index (κ3) is 4.71. The minimum Gasteiger partial charge on any atom is -0.392 e. The molecular formula is C25H28N4O5S. The zero-order chi connectivity index (χ0) is 25.4. The van der Waals surface area contributed by atoms with E-state index in [4.69, 9.17) is 4.98 Å². The molecule has 184 valence electrons. The molecule has 9 nitrogen and oxygen atoms in total. The molecule has 1 unspecified atom stereocenters. The Kier molecular flexibility index (Phi) is 6.52. The summed E-state index contributed by atoms with van der Waals surface area (Å²) >= 11 is 0. The number of hydrogen-bond acceptors (Lipinski definition) is 7. The summed E-state index contributed by atoms with van der Waals surface area (Å²) in [5.41, 5.74) is 1.01. The van der Waals surface area contributed by atoms with Gasteiger partial charge in [0.05, 0.1) is 17.9 Å². The van der Waals surface area contributed by atoms with E-state index in [0.717, 1.165) is 23.6 Å². The average molecular weight is 497 g/mol. The minimum absolute atomic E-state index is 0.0881. The molecule has 1 atom stereocenters. The minimum atomic E-state index is -4.41. The molecular weight excluding hydrogens is 468 g/mol. The van der Waals surface area contributed by atoms with Crippen LogP contribution in [0.5, 0.6) is 0 Å². The molecule has 0 bridgehead atoms. The van der Waals surface area contributed by atoms with Crippen molar-refractivity contribution < 1.29 is 18.3 Å². The van der Waals surface area contributed by atoms with Crippen molar-refractivity contribution in [3.63, 3.8) is 0 Å². The van der Waals surface area contributed by atoms with Crippen LogP contribution in [0, 0.1) is 5.92 Å². The molecule has 1 aliphatic heterocycles. The highest BCUT2D eigenvalue weighted by Gasteiger charge is 2.41. The number of carbonyl (C=O) groups excluding carboxylic acids is 1. The van der Waals surface area contributed by atoms with Crippen LogP contribution >= 0.6 is 0 Å². The fourth-order valence-electron chi connectivity index (χ4n) is 4.28. The zero-order valence-corrected chi connectivity index (χ0v) is 20.6. The highest BCUT2D eigenvalue weighted by molar-refractivity contribution is 7.90. The lowest BCUT2D eigenvalue weighted by Crippen LogP contribution is -2.44. The highest BCUT2D eigenvalue weighted by atomic mass is 32.2. The van der Waals surface area contributed by atoms with Crippen molar-refractivity contribution in [2.45, 2.75) is 44.2 Å². The number of aliphatic hydroxyl groups is 1. The second kappa shape index (κ2) is 9.27. The number of amides is 1. The van der Waals surface area contributed by atoms with E-state index in [0.29, 0.717) is 24.0 Å². The Morgan fingerprint density at radius 1 is 1.23 bits per heavy atom. The number of aromatic amines is 1. The number of rotatable bonds is 6. The standard InChI is InChI=1S/C25H28N4O5S/c1-16-11-13-29(25(16,2)3)22-19(9-10-20(27-22)18-7-4-6-17(14-18)15-30)23(31)28-35(33,34)21-8-5-12-26-24(21)32/h4-10,12,14,16,30H,11,13,15H2,1-3H3,(H,26,32)(H,28,31). The summed E-state index contributed by atoms with van der Waals surface area (Å²) in [5.74, 6) is -0.198. The topological polar surface area (TPSA) is 132 Å². The number of sulfonamides is 1. The van der Waals surface area contributed by atoms with E-state index >= 15 is 0 Å². The van der Waals surface area contributed by atoms with Crippen LogP contribution in [0.15, 0.2) is 64.4 Å². The molecule has 1 aliphatic rings. The first-order valence-corrected chi connectivity index (χ1v) is 12.8. The lowest BCUT2D eigenvalue weighted by molar-refractivity contribution is 0.0981. The Balaban J connectivity index is 1.79. The van der Waals surface area contributed by atoms with Crippen LogP contribution in [0.25, 0.3) is 11.3 Å². The number of H-pyrrole nitrogens is 1. The van der Waals surface area contributed by atoms with Gasteiger partial charge in [0, 0.05) is 23.8 Å². The van der Waals surface area contributed by atoms with Gasteiger partial charge in [0.1, 0.15) is 5.82 Å². The van der Waals surface area contributed by atoms with Crippen molar-refractivity contribution in [1.29, 1.82) is 0 Å². The SMILES string of the molecule is CC1CCN(c2nc(-c3cccc(CO)c3)ccc2C(=O)NS(=O)(=O)c2ccc[nH]c2=O)C1(C)C. The molecule has 1 fully saturated rings. The largest absolute Gasteiger partial charge is 0.392 e. The fourth-order valence-corrected chi connectivity index (χ4v) is 5.30. The summed E-state index contributed by atoms with van der Waals surface area (Å²) in [4.78, 5) is 33.8. The van der Waals surface area contributed by atoms with Crippen molar-refractivity contribution >= 4 is 21.7 Å². The molecule has 0 saturated carbocycles. The second-order valence-electron chi connectivity index (χ2n) is 9.22. The van der Waals surface area contributed by atoms with Gasteiger partial charge >= 0.3 is 0 Å². The lowest BCUT2D eigenvalue weighted by Gasteiger charge is -2.36. The summed E-state index contributed by atoms with van der Waals surface area (Å²) < 4.78 is 27.6. The number of aliphatic hydroxyl groups excluding tert-OH is 1. The zero-order valence-electron chi connectivity index (χ0n) is 19.8. The number of nitrogens with zero attached hydrogens (tertiary/aromatic N) is 2. The maximum atomic E-state index is 13.3. The van der Waals surface area contributed by atoms with Crippen LogP contribution in [-0.2, 0) is 16.6 Å². The molecule has 4 rings (SSSR count). The van der Waals surface area contributed by atoms with E-state index in [-0.39, 0.29) is 17.7 Å². The quantitative estimate of drug-likeness (QED) is 0.478. The maximum absolute atomic E-state index is 13.3. The van der Waals surface area contributed by atoms with E-state index in [2.05, 4.69) is 25.8 Å². The van der Waals surface area contributed by atoms with E-state index in [1.807, 2.05) is 27.8 Å². The van der Waals surface area contributed by atoms with E-state index in [1.54, 1.807) is 18.2 Å². The molecule has 3 heterocycles. The Morgan fingerprint density at radius 3 is 2.66 bits per heavy atom. The molecule has 35 heavy (non-hydrogen) atoms. The number of aromatic nitrogens is 2. The van der Waals surface area contributed by atoms with Gasteiger partial charge in [0.2, 0.25) is 0 Å². The third-order valence-corrected chi connectivity index (χ3v) is 8.12. The first-order valence-electron chi connectivity index (χ1n) is 11.3. The Labute approximate surface area is 203 Å². The Hall–Kier alpha value is -3.50. The molecule has 1 saturated heterocycles. The van der Waals surface area contributed by atoms with Crippen molar-refractivity contribution in [1.82, 2.24) is 14.7 Å². The Bertz CT molecular complexity index is 1430. The smallest absolute Gasteiger partial charge is 0.269 e. The highest BCUT2D eigenvalue weighted by Crippen LogP contribution is 2.39. The molecule has 10 heteroatoms. The number of hydrogen-bond donors (Lipinski definition) is 3. The molecule has 3 N–H and O–H groups in total. The van der Waals surface area contributed by atoms with Crippen LogP contribution in [-0.4, -0.2) is 41.5 Å². The van der Waals surface area contributed by atoms with Gasteiger partial charge < -0.3 is 15.0 Å². The molecule has 0 spiro atoms. The summed E-state index contributed by atoms with van der Waals surface area (Å²) in [5, 5.41) is 9.51. The number of carbonyl (C=O) groups is 1. The van der Waals surface area contributed by atoms with Gasteiger partial charge in [-0.2, -0.15) is 0 Å². The molecule has 3 aromatic rings. The van der Waals surface area contributed by atoms with Gasteiger partial charge in [0.25, 0.3) is 21.5 Å². The molecule has 1 aromatic carbocycles. The van der Waals surface area contributed by atoms with Gasteiger partial charge in [0.15, 0.2) is 4.90 Å². The second-order valence-corrected chi connectivity index (χ2v) is 10.9. The van der Waals surface area contributed by atoms with Crippen LogP contribution < -0.4 is 15.2 Å². The monoisotopic (exact) mass is 496 g/mol. The number of benzene rings is 1. The number of anilines is 1. The maximum Gasteiger partial charge on any atom is 0.269 e. The van der Waals surface area contributed by atoms with E-state index in [9.17, 15) is 23.1 Å². The lowest BCUT2D eigenvalue weighted by atomic mass is 9.90. The van der Waals surface area contributed by atoms with Gasteiger partial charge in [-0.05, 0) is 62.1 Å². The predicted octanol–water partition coefficient (Wildman–Crippen LogP) is 2.67. The number of pyridine rings is 2. The molecule has 1 amide bonds. The van der Waals surface area contributed by atoms with Crippen LogP contribution in [0.3, 0.4) is 0 Å². The van der Waals surface area contributed by atoms with Crippen LogP contribution in [0.2, 0.25) is 0 Å². The molecule has 2 aromatic heterocycles. The first kappa shape index (κ1) is 24.6. The Morgan fingerprint density at radius 2 is 2.00 bits per heavy atom. The molecule has 0 aliphatic carbocycles. The van der Waals surface area contributed by atoms with Gasteiger partial charge in [-0.3, -0.25) is 9.59 Å². The van der Waals surface area contributed by atoms with Crippen LogP contribution in [0.1, 0.15) is 43.1 Å². The summed E-state index contributed by atoms with van der Waals surface area (Å²) in [6.07, 6.45) is 2.20. The summed E-state index contributed by atoms with van der Waals surface area (Å²) in [6.45, 7) is 6.78. The van der Waals surface area contributed by atoms with E-state index in [1.165, 1.54) is 12.3 Å². The summed E-state index contributed by atoms with van der Waals surface area (Å²) in [7, 11) is -4.41. The van der Waals surface area contributed by atoms with Crippen molar-refractivity contribution in [3.05, 3.63) is 76.2 Å². The van der Waals surface area contributed by atoms with Gasteiger partial charge in [-0.25, -0.2) is 18.1 Å². The van der Waals surface area contributed by atoms with Crippen molar-refractivity contribution in [2.24, 2.45) is 5.92 Å². The predicted molar refractivity (Wildman–Crippen MR) is 133 cm³/mol. The molecule has 0 radical (unpaired) electrons. The van der Waals surface area contributed by atoms with Crippen molar-refractivity contribution in [3.8, 4) is 11.3 Å². The van der Waals surface area contributed by atoms with Crippen LogP contribution in [0.4, 0.5) is 5.82 Å². The number of nitrogens with one attached hydrogen (secondary N) is 2. The fraction of sp³-hybridized carbons (Fsp3) is 0.320. The van der Waals surface area contributed by atoms with Gasteiger partial charge in [-0.1, -0.05) is 25.1 Å². The van der Waals surface area contributed by atoms with Crippen molar-refractivity contribution in [2.75, 3.05) is 11.4 Å². The third-order valence-electron chi connectivity index (χ3n) is 6.77. The van der Waals surface area contributed by atoms with E-state index < -0.39 is 26.4 Å². The average Bonchev–Trinajstić information content (AvgIpc) is 3.10. The van der Waals surface area contributed by atoms with Gasteiger partial charge in [-0.15, -0.1) is 0 Å². The normalized spacial score (nSPS) is 17.4. The summed E-state index contributed by atoms with van der Waals surface area (Å²) in [6, 6.07) is 13.0. The first-order chi connectivity index (χ1) is 16.5.